The third kappa shape index (κ3) is 3.92. The third-order valence-electron chi connectivity index (χ3n) is 2.91. The Morgan fingerprint density at radius 1 is 1.14 bits per heavy atom. The van der Waals surface area contributed by atoms with Gasteiger partial charge in [-0.1, -0.05) is 30.3 Å². The van der Waals surface area contributed by atoms with Crippen LogP contribution in [0.2, 0.25) is 0 Å². The summed E-state index contributed by atoms with van der Waals surface area (Å²) in [6.07, 6.45) is 1.50. The van der Waals surface area contributed by atoms with Crippen molar-refractivity contribution in [2.24, 2.45) is 10.8 Å². The van der Waals surface area contributed by atoms with Crippen molar-refractivity contribution < 1.29 is 14.3 Å². The highest BCUT2D eigenvalue weighted by Gasteiger charge is 2.05. The van der Waals surface area contributed by atoms with Crippen LogP contribution in [0.25, 0.3) is 11.1 Å². The lowest BCUT2D eigenvalue weighted by atomic mass is 10.0. The lowest BCUT2D eigenvalue weighted by Crippen LogP contribution is -2.24. The Bertz CT molecular complexity index is 709. The van der Waals surface area contributed by atoms with Crippen LogP contribution in [-0.2, 0) is 4.74 Å². The molecule has 0 unspecified atom stereocenters. The van der Waals surface area contributed by atoms with E-state index in [4.69, 9.17) is 5.73 Å². The SMILES string of the molecule is COC(=O)c1ccc(-c2cccc(C=NNC(N)=O)c2)cc1. The molecule has 0 saturated heterocycles. The second-order valence-electron chi connectivity index (χ2n) is 4.43. The zero-order valence-corrected chi connectivity index (χ0v) is 11.9. The van der Waals surface area contributed by atoms with Gasteiger partial charge in [0.15, 0.2) is 0 Å². The first-order chi connectivity index (χ1) is 10.6. The number of nitrogens with one attached hydrogen (secondary N) is 1. The number of nitrogens with two attached hydrogens (primary N) is 1. The van der Waals surface area contributed by atoms with E-state index in [0.717, 1.165) is 16.7 Å². The highest BCUT2D eigenvalue weighted by molar-refractivity contribution is 5.90. The zero-order valence-electron chi connectivity index (χ0n) is 11.9. The summed E-state index contributed by atoms with van der Waals surface area (Å²) in [5.41, 5.74) is 10.3. The molecule has 0 fully saturated rings. The average molecular weight is 297 g/mol. The molecule has 0 spiro atoms. The van der Waals surface area contributed by atoms with Crippen molar-refractivity contribution in [3.63, 3.8) is 0 Å². The fraction of sp³-hybridized carbons (Fsp3) is 0.0625. The fourth-order valence-electron chi connectivity index (χ4n) is 1.89. The number of hydrazone groups is 1. The number of hydrogen-bond acceptors (Lipinski definition) is 4. The van der Waals surface area contributed by atoms with Gasteiger partial charge in [0.2, 0.25) is 0 Å². The molecule has 0 radical (unpaired) electrons. The Hall–Kier alpha value is -3.15. The summed E-state index contributed by atoms with van der Waals surface area (Å²) in [4.78, 5) is 22.0. The Labute approximate surface area is 127 Å². The average Bonchev–Trinajstić information content (AvgIpc) is 2.54. The van der Waals surface area contributed by atoms with Gasteiger partial charge in [-0.15, -0.1) is 0 Å². The van der Waals surface area contributed by atoms with Gasteiger partial charge in [0.05, 0.1) is 18.9 Å². The van der Waals surface area contributed by atoms with Crippen LogP contribution in [0.4, 0.5) is 4.79 Å². The number of esters is 1. The lowest BCUT2D eigenvalue weighted by molar-refractivity contribution is 0.0600. The van der Waals surface area contributed by atoms with E-state index in [1.54, 1.807) is 12.1 Å². The molecule has 0 atom stereocenters. The first-order valence-corrected chi connectivity index (χ1v) is 6.47. The lowest BCUT2D eigenvalue weighted by Gasteiger charge is -2.04. The predicted molar refractivity (Wildman–Crippen MR) is 83.5 cm³/mol. The first kappa shape index (κ1) is 15.2. The number of nitrogens with zero attached hydrogens (tertiary/aromatic N) is 1. The number of carbonyl (C=O) groups excluding carboxylic acids is 2. The number of rotatable bonds is 4. The minimum atomic E-state index is -0.717. The molecule has 2 aromatic carbocycles. The minimum Gasteiger partial charge on any atom is -0.465 e. The van der Waals surface area contributed by atoms with Crippen LogP contribution in [0.5, 0.6) is 0 Å². The summed E-state index contributed by atoms with van der Waals surface area (Å²) >= 11 is 0. The summed E-state index contributed by atoms with van der Waals surface area (Å²) in [6.45, 7) is 0. The van der Waals surface area contributed by atoms with E-state index in [1.807, 2.05) is 36.4 Å². The molecule has 3 N–H and O–H groups in total. The number of amides is 2. The van der Waals surface area contributed by atoms with Gasteiger partial charge >= 0.3 is 12.0 Å². The van der Waals surface area contributed by atoms with E-state index < -0.39 is 6.03 Å². The molecule has 2 rings (SSSR count). The van der Waals surface area contributed by atoms with E-state index in [1.165, 1.54) is 13.3 Å². The quantitative estimate of drug-likeness (QED) is 0.514. The Kier molecular flexibility index (Phi) is 4.87. The number of primary amides is 1. The molecule has 0 bridgehead atoms. The maximum atomic E-state index is 11.4. The van der Waals surface area contributed by atoms with Crippen LogP contribution in [0, 0.1) is 0 Å². The van der Waals surface area contributed by atoms with Crippen LogP contribution in [0.15, 0.2) is 53.6 Å². The standard InChI is InChI=1S/C16H15N3O3/c1-22-15(20)13-7-5-12(6-8-13)14-4-2-3-11(9-14)10-18-19-16(17)21/h2-10H,1H3,(H3,17,19,21). The first-order valence-electron chi connectivity index (χ1n) is 6.47. The topological polar surface area (TPSA) is 93.8 Å². The molecular formula is C16H15N3O3. The maximum Gasteiger partial charge on any atom is 0.337 e. The second kappa shape index (κ2) is 7.03. The largest absolute Gasteiger partial charge is 0.465 e. The molecular weight excluding hydrogens is 282 g/mol. The Balaban J connectivity index is 2.20. The molecule has 0 aliphatic carbocycles. The summed E-state index contributed by atoms with van der Waals surface area (Å²) in [5, 5.41) is 3.71. The number of urea groups is 1. The van der Waals surface area contributed by atoms with E-state index >= 15 is 0 Å². The summed E-state index contributed by atoms with van der Waals surface area (Å²) < 4.78 is 4.66. The van der Waals surface area contributed by atoms with E-state index in [0.29, 0.717) is 5.56 Å². The van der Waals surface area contributed by atoms with E-state index in [9.17, 15) is 9.59 Å². The number of hydrogen-bond donors (Lipinski definition) is 2. The van der Waals surface area contributed by atoms with Gasteiger partial charge in [-0.2, -0.15) is 5.10 Å². The molecule has 0 heterocycles. The van der Waals surface area contributed by atoms with E-state index in [-0.39, 0.29) is 5.97 Å². The van der Waals surface area contributed by atoms with Gasteiger partial charge < -0.3 is 10.5 Å². The van der Waals surface area contributed by atoms with Crippen LogP contribution < -0.4 is 11.2 Å². The fourth-order valence-corrected chi connectivity index (χ4v) is 1.89. The summed E-state index contributed by atoms with van der Waals surface area (Å²) in [6, 6.07) is 13.9. The smallest absolute Gasteiger partial charge is 0.337 e. The summed E-state index contributed by atoms with van der Waals surface area (Å²) in [5.74, 6) is -0.370. The molecule has 112 valence electrons. The van der Waals surface area contributed by atoms with E-state index in [2.05, 4.69) is 15.3 Å². The number of ether oxygens (including phenoxy) is 1. The van der Waals surface area contributed by atoms with Crippen molar-refractivity contribution in [3.8, 4) is 11.1 Å². The monoisotopic (exact) mass is 297 g/mol. The molecule has 0 aliphatic heterocycles. The van der Waals surface area contributed by atoms with Gasteiger partial charge in [0.1, 0.15) is 0 Å². The molecule has 0 saturated carbocycles. The normalized spacial score (nSPS) is 10.4. The molecule has 6 nitrogen and oxygen atoms in total. The highest BCUT2D eigenvalue weighted by Crippen LogP contribution is 2.20. The molecule has 0 aromatic heterocycles. The molecule has 0 aliphatic rings. The van der Waals surface area contributed by atoms with Gasteiger partial charge in [-0.25, -0.2) is 15.0 Å². The number of methoxy groups -OCH3 is 1. The van der Waals surface area contributed by atoms with Crippen molar-refractivity contribution in [1.29, 1.82) is 0 Å². The zero-order chi connectivity index (χ0) is 15.9. The van der Waals surface area contributed by atoms with Gasteiger partial charge in [0.25, 0.3) is 0 Å². The molecule has 2 aromatic rings. The predicted octanol–water partition coefficient (Wildman–Crippen LogP) is 2.14. The highest BCUT2D eigenvalue weighted by atomic mass is 16.5. The van der Waals surface area contributed by atoms with Crippen LogP contribution in [0.3, 0.4) is 0 Å². The van der Waals surface area contributed by atoms with Crippen molar-refractivity contribution in [3.05, 3.63) is 59.7 Å². The van der Waals surface area contributed by atoms with Crippen LogP contribution in [-0.4, -0.2) is 25.3 Å². The van der Waals surface area contributed by atoms with Crippen molar-refractivity contribution in [1.82, 2.24) is 5.43 Å². The van der Waals surface area contributed by atoms with Gasteiger partial charge in [0, 0.05) is 0 Å². The van der Waals surface area contributed by atoms with Crippen molar-refractivity contribution in [2.75, 3.05) is 7.11 Å². The molecule has 6 heteroatoms. The van der Waals surface area contributed by atoms with Crippen molar-refractivity contribution >= 4 is 18.2 Å². The minimum absolute atomic E-state index is 0.370. The Morgan fingerprint density at radius 3 is 2.50 bits per heavy atom. The van der Waals surface area contributed by atoms with Gasteiger partial charge in [-0.05, 0) is 34.9 Å². The maximum absolute atomic E-state index is 11.4. The summed E-state index contributed by atoms with van der Waals surface area (Å²) in [7, 11) is 1.35. The van der Waals surface area contributed by atoms with Crippen LogP contribution >= 0.6 is 0 Å². The van der Waals surface area contributed by atoms with Gasteiger partial charge in [-0.3, -0.25) is 0 Å². The number of benzene rings is 2. The van der Waals surface area contributed by atoms with Crippen LogP contribution in [0.1, 0.15) is 15.9 Å². The molecule has 2 amide bonds. The molecule has 22 heavy (non-hydrogen) atoms. The van der Waals surface area contributed by atoms with Crippen molar-refractivity contribution in [2.45, 2.75) is 0 Å². The number of carbonyl (C=O) groups is 2. The third-order valence-corrected chi connectivity index (χ3v) is 2.91. The second-order valence-corrected chi connectivity index (χ2v) is 4.43. The Morgan fingerprint density at radius 2 is 1.86 bits per heavy atom.